The summed E-state index contributed by atoms with van der Waals surface area (Å²) in [4.78, 5) is 13.3. The molecule has 4 nitrogen and oxygen atoms in total. The van der Waals surface area contributed by atoms with Crippen LogP contribution in [0.15, 0.2) is 68.7 Å². The number of alkyl halides is 6. The lowest BCUT2D eigenvalue weighted by molar-refractivity contribution is -0.138. The second kappa shape index (κ2) is 10.8. The van der Waals surface area contributed by atoms with E-state index >= 15 is 0 Å². The molecule has 0 aliphatic rings. The highest BCUT2D eigenvalue weighted by atomic mass is 32.2. The van der Waals surface area contributed by atoms with Crippen LogP contribution in [-0.2, 0) is 18.9 Å². The summed E-state index contributed by atoms with van der Waals surface area (Å²) in [5.41, 5.74) is -6.06. The molecule has 2 heterocycles. The molecule has 0 aliphatic heterocycles. The third-order valence-electron chi connectivity index (χ3n) is 5.75. The second-order valence-corrected chi connectivity index (χ2v) is 9.73. The number of hydrogen-bond acceptors (Lipinski definition) is 4. The summed E-state index contributed by atoms with van der Waals surface area (Å²) in [7, 11) is 0. The van der Waals surface area contributed by atoms with Gasteiger partial charge in [-0.15, -0.1) is 11.8 Å². The van der Waals surface area contributed by atoms with Gasteiger partial charge in [-0.05, 0) is 48.2 Å². The van der Waals surface area contributed by atoms with Crippen molar-refractivity contribution in [2.45, 2.75) is 30.7 Å². The van der Waals surface area contributed by atoms with Gasteiger partial charge in [0.05, 0.1) is 23.4 Å². The molecule has 208 valence electrons. The van der Waals surface area contributed by atoms with Crippen molar-refractivity contribution in [3.8, 4) is 28.8 Å². The predicted molar refractivity (Wildman–Crippen MR) is 130 cm³/mol. The monoisotopic (exact) mass is 584 g/mol. The summed E-state index contributed by atoms with van der Waals surface area (Å²) >= 11 is 1.13. The Morgan fingerprint density at radius 1 is 0.925 bits per heavy atom. The first-order valence-electron chi connectivity index (χ1n) is 11.4. The first-order chi connectivity index (χ1) is 18.7. The predicted octanol–water partition coefficient (Wildman–Crippen LogP) is 8.12. The number of aromatic nitrogens is 1. The summed E-state index contributed by atoms with van der Waals surface area (Å²) < 4.78 is 116. The smallest absolute Gasteiger partial charge is 0.417 e. The maximum atomic E-state index is 14.4. The average molecular weight is 584 g/mol. The Morgan fingerprint density at radius 2 is 1.62 bits per heavy atom. The van der Waals surface area contributed by atoms with Gasteiger partial charge in [-0.3, -0.25) is 9.36 Å². The van der Waals surface area contributed by atoms with Crippen LogP contribution in [0, 0.1) is 23.0 Å². The first kappa shape index (κ1) is 28.9. The van der Waals surface area contributed by atoms with E-state index in [1.807, 2.05) is 0 Å². The Hall–Kier alpha value is -4.05. The molecule has 0 aliphatic carbocycles. The lowest BCUT2D eigenvalue weighted by Crippen LogP contribution is -2.29. The van der Waals surface area contributed by atoms with Gasteiger partial charge in [0.15, 0.2) is 5.76 Å². The van der Waals surface area contributed by atoms with E-state index in [1.54, 1.807) is 6.92 Å². The fourth-order valence-corrected chi connectivity index (χ4v) is 4.70. The van der Waals surface area contributed by atoms with Crippen molar-refractivity contribution in [2.24, 2.45) is 0 Å². The van der Waals surface area contributed by atoms with Crippen molar-refractivity contribution in [1.82, 2.24) is 4.57 Å². The number of nitriles is 1. The van der Waals surface area contributed by atoms with Crippen LogP contribution in [0.4, 0.5) is 35.1 Å². The molecule has 40 heavy (non-hydrogen) atoms. The molecular formula is C27H16F8N2O2S. The van der Waals surface area contributed by atoms with Crippen LogP contribution in [0.2, 0.25) is 0 Å². The number of nitrogens with zero attached hydrogens (tertiary/aromatic N) is 2. The zero-order valence-electron chi connectivity index (χ0n) is 20.3. The standard InChI is InChI=1S/C27H16F8N2O2S/c1-2-40-18-8-15(7-16(9-18)26(30,31)32)23-5-6-24(39-23)22-11-20(27(33,34)35)19(12-36)25(38)37(22)13-14-3-4-17(28)10-21(14)29/h3-11H,2,13H2,1H3. The summed E-state index contributed by atoms with van der Waals surface area (Å²) in [6.45, 7) is 1.03. The van der Waals surface area contributed by atoms with E-state index in [4.69, 9.17) is 4.42 Å². The maximum absolute atomic E-state index is 14.4. The Kier molecular flexibility index (Phi) is 7.85. The van der Waals surface area contributed by atoms with E-state index in [0.717, 1.165) is 42.1 Å². The number of hydrogen-bond donors (Lipinski definition) is 0. The Labute approximate surface area is 225 Å². The Bertz CT molecular complexity index is 1680. The molecule has 0 radical (unpaired) electrons. The van der Waals surface area contributed by atoms with Crippen LogP contribution in [0.1, 0.15) is 29.2 Å². The van der Waals surface area contributed by atoms with Crippen molar-refractivity contribution in [3.63, 3.8) is 0 Å². The molecule has 0 saturated heterocycles. The van der Waals surface area contributed by atoms with Gasteiger partial charge in [-0.25, -0.2) is 8.78 Å². The van der Waals surface area contributed by atoms with Crippen molar-refractivity contribution in [1.29, 1.82) is 5.26 Å². The molecule has 0 fully saturated rings. The van der Waals surface area contributed by atoms with E-state index in [9.17, 15) is 45.2 Å². The minimum absolute atomic E-state index is 0.0276. The molecule has 2 aromatic carbocycles. The van der Waals surface area contributed by atoms with Crippen LogP contribution in [0.25, 0.3) is 22.8 Å². The minimum atomic E-state index is -5.14. The zero-order valence-corrected chi connectivity index (χ0v) is 21.1. The molecular weight excluding hydrogens is 568 g/mol. The van der Waals surface area contributed by atoms with Gasteiger partial charge in [0.2, 0.25) is 0 Å². The van der Waals surface area contributed by atoms with E-state index in [0.29, 0.717) is 22.5 Å². The van der Waals surface area contributed by atoms with Gasteiger partial charge < -0.3 is 4.42 Å². The highest BCUT2D eigenvalue weighted by Gasteiger charge is 2.37. The SMILES string of the molecule is CCSc1cc(-c2ccc(-c3cc(C(F)(F)F)c(C#N)c(=O)n3Cc3ccc(F)cc3F)o2)cc(C(F)(F)F)c1. The van der Waals surface area contributed by atoms with Crippen LogP contribution in [0.3, 0.4) is 0 Å². The largest absolute Gasteiger partial charge is 0.455 e. The van der Waals surface area contributed by atoms with E-state index in [-0.39, 0.29) is 27.5 Å². The molecule has 0 amide bonds. The molecule has 4 aromatic rings. The van der Waals surface area contributed by atoms with E-state index in [2.05, 4.69) is 0 Å². The van der Waals surface area contributed by atoms with Crippen molar-refractivity contribution < 1.29 is 39.5 Å². The lowest BCUT2D eigenvalue weighted by Gasteiger charge is -2.16. The molecule has 0 N–H and O–H groups in total. The third-order valence-corrected chi connectivity index (χ3v) is 6.61. The van der Waals surface area contributed by atoms with Gasteiger partial charge in [-0.2, -0.15) is 31.6 Å². The van der Waals surface area contributed by atoms with Gasteiger partial charge in [0, 0.05) is 22.1 Å². The summed E-state index contributed by atoms with van der Waals surface area (Å²) in [5.74, 6) is -2.09. The van der Waals surface area contributed by atoms with Gasteiger partial charge in [-0.1, -0.05) is 13.0 Å². The first-order valence-corrected chi connectivity index (χ1v) is 12.4. The molecule has 4 rings (SSSR count). The molecule has 0 unspecified atom stereocenters. The van der Waals surface area contributed by atoms with Crippen LogP contribution in [0.5, 0.6) is 0 Å². The lowest BCUT2D eigenvalue weighted by atomic mass is 10.1. The normalized spacial score (nSPS) is 12.0. The molecule has 0 atom stereocenters. The number of halogens is 8. The number of pyridine rings is 1. The fourth-order valence-electron chi connectivity index (χ4n) is 3.95. The summed E-state index contributed by atoms with van der Waals surface area (Å²) in [5, 5.41) is 9.32. The molecule has 2 aromatic heterocycles. The Balaban J connectivity index is 1.93. The maximum Gasteiger partial charge on any atom is 0.417 e. The van der Waals surface area contributed by atoms with Crippen LogP contribution >= 0.6 is 11.8 Å². The fraction of sp³-hybridized carbons (Fsp3) is 0.185. The van der Waals surface area contributed by atoms with Crippen LogP contribution in [-0.4, -0.2) is 10.3 Å². The number of thioether (sulfide) groups is 1. The highest BCUT2D eigenvalue weighted by molar-refractivity contribution is 7.99. The number of benzene rings is 2. The van der Waals surface area contributed by atoms with E-state index < -0.39 is 58.5 Å². The Morgan fingerprint density at radius 3 is 2.23 bits per heavy atom. The van der Waals surface area contributed by atoms with Crippen molar-refractivity contribution in [3.05, 3.63) is 98.8 Å². The van der Waals surface area contributed by atoms with Crippen LogP contribution < -0.4 is 5.56 Å². The summed E-state index contributed by atoms with van der Waals surface area (Å²) in [6.07, 6.45) is -9.83. The quantitative estimate of drug-likeness (QED) is 0.170. The van der Waals surface area contributed by atoms with Gasteiger partial charge in [0.1, 0.15) is 29.0 Å². The zero-order chi connectivity index (χ0) is 29.4. The minimum Gasteiger partial charge on any atom is -0.455 e. The van der Waals surface area contributed by atoms with E-state index in [1.165, 1.54) is 18.2 Å². The van der Waals surface area contributed by atoms with Gasteiger partial charge in [0.25, 0.3) is 5.56 Å². The van der Waals surface area contributed by atoms with Crippen molar-refractivity contribution >= 4 is 11.8 Å². The third kappa shape index (κ3) is 5.91. The number of rotatable bonds is 6. The molecule has 0 bridgehead atoms. The molecule has 0 saturated carbocycles. The summed E-state index contributed by atoms with van der Waals surface area (Å²) in [6, 6.07) is 9.58. The molecule has 0 spiro atoms. The second-order valence-electron chi connectivity index (χ2n) is 8.40. The average Bonchev–Trinajstić information content (AvgIpc) is 3.35. The van der Waals surface area contributed by atoms with Crippen molar-refractivity contribution in [2.75, 3.05) is 5.75 Å². The highest BCUT2D eigenvalue weighted by Crippen LogP contribution is 2.39. The van der Waals surface area contributed by atoms with Gasteiger partial charge >= 0.3 is 12.4 Å². The molecule has 13 heteroatoms. The number of furan rings is 1. The topological polar surface area (TPSA) is 58.9 Å².